The lowest BCUT2D eigenvalue weighted by molar-refractivity contribution is 0.103. The molecule has 144 valence electrons. The Morgan fingerprint density at radius 2 is 1.89 bits per heavy atom. The normalized spacial score (nSPS) is 10.7. The maximum Gasteiger partial charge on any atom is 0.196 e. The van der Waals surface area contributed by atoms with Crippen molar-refractivity contribution in [3.05, 3.63) is 89.1 Å². The van der Waals surface area contributed by atoms with Gasteiger partial charge < -0.3 is 10.1 Å². The summed E-state index contributed by atoms with van der Waals surface area (Å²) in [5, 5.41) is 3.27. The zero-order valence-corrected chi connectivity index (χ0v) is 16.6. The Balaban J connectivity index is 1.75. The lowest BCUT2D eigenvalue weighted by Crippen LogP contribution is -2.13. The van der Waals surface area contributed by atoms with Gasteiger partial charge in [-0.15, -0.1) is 0 Å². The van der Waals surface area contributed by atoms with Crippen molar-refractivity contribution in [3.8, 4) is 5.75 Å². The molecule has 0 saturated heterocycles. The van der Waals surface area contributed by atoms with Crippen molar-refractivity contribution in [1.82, 2.24) is 4.98 Å². The third-order valence-corrected chi connectivity index (χ3v) is 4.31. The number of ether oxygens (including phenoxy) is 1. The summed E-state index contributed by atoms with van der Waals surface area (Å²) in [7, 11) is 0. The molecule has 0 aliphatic heterocycles. The lowest BCUT2D eigenvalue weighted by atomic mass is 10.0. The maximum atomic E-state index is 13.0. The lowest BCUT2D eigenvalue weighted by Gasteiger charge is -2.12. The van der Waals surface area contributed by atoms with Gasteiger partial charge in [0.05, 0.1) is 5.56 Å². The molecule has 0 aliphatic rings. The van der Waals surface area contributed by atoms with Gasteiger partial charge in [0.15, 0.2) is 5.78 Å². The molecule has 3 rings (SSSR count). The van der Waals surface area contributed by atoms with E-state index >= 15 is 0 Å². The van der Waals surface area contributed by atoms with Crippen LogP contribution in [0.1, 0.15) is 40.9 Å². The van der Waals surface area contributed by atoms with Gasteiger partial charge in [-0.25, -0.2) is 4.98 Å². The van der Waals surface area contributed by atoms with E-state index < -0.39 is 0 Å². The van der Waals surface area contributed by atoms with Crippen LogP contribution in [0.5, 0.6) is 5.75 Å². The molecule has 0 bridgehead atoms. The Morgan fingerprint density at radius 1 is 1.07 bits per heavy atom. The van der Waals surface area contributed by atoms with Crippen LogP contribution in [0.2, 0.25) is 0 Å². The summed E-state index contributed by atoms with van der Waals surface area (Å²) in [4.78, 5) is 17.4. The second-order valence-electron chi connectivity index (χ2n) is 7.31. The number of benzene rings is 2. The zero-order chi connectivity index (χ0) is 19.9. The molecule has 0 saturated carbocycles. The van der Waals surface area contributed by atoms with Crippen LogP contribution in [-0.2, 0) is 6.61 Å². The van der Waals surface area contributed by atoms with Crippen LogP contribution in [-0.4, -0.2) is 17.3 Å². The summed E-state index contributed by atoms with van der Waals surface area (Å²) in [6, 6.07) is 19.1. The van der Waals surface area contributed by atoms with Gasteiger partial charge in [0, 0.05) is 18.3 Å². The Bertz CT molecular complexity index is 951. The molecule has 1 aromatic heterocycles. The number of carbonyl (C=O) groups excluding carboxylic acids is 1. The second-order valence-corrected chi connectivity index (χ2v) is 7.31. The molecule has 0 unspecified atom stereocenters. The molecule has 1 N–H and O–H groups in total. The highest BCUT2D eigenvalue weighted by Crippen LogP contribution is 2.21. The van der Waals surface area contributed by atoms with Crippen molar-refractivity contribution in [3.63, 3.8) is 0 Å². The number of aromatic nitrogens is 1. The van der Waals surface area contributed by atoms with E-state index in [2.05, 4.69) is 43.2 Å². The van der Waals surface area contributed by atoms with Gasteiger partial charge in [-0.3, -0.25) is 4.79 Å². The van der Waals surface area contributed by atoms with Gasteiger partial charge in [-0.1, -0.05) is 55.8 Å². The van der Waals surface area contributed by atoms with Crippen molar-refractivity contribution in [2.45, 2.75) is 27.4 Å². The highest BCUT2D eigenvalue weighted by Gasteiger charge is 2.15. The largest absolute Gasteiger partial charge is 0.489 e. The van der Waals surface area contributed by atoms with E-state index in [1.54, 1.807) is 30.5 Å². The first kappa shape index (κ1) is 19.6. The van der Waals surface area contributed by atoms with Crippen molar-refractivity contribution < 1.29 is 9.53 Å². The van der Waals surface area contributed by atoms with Gasteiger partial charge in [0.1, 0.15) is 18.2 Å². The van der Waals surface area contributed by atoms with E-state index in [0.717, 1.165) is 12.1 Å². The molecule has 0 atom stereocenters. The third-order valence-electron chi connectivity index (χ3n) is 4.31. The van der Waals surface area contributed by atoms with E-state index in [-0.39, 0.29) is 5.78 Å². The van der Waals surface area contributed by atoms with Gasteiger partial charge in [-0.05, 0) is 42.7 Å². The highest BCUT2D eigenvalue weighted by molar-refractivity contribution is 6.12. The summed E-state index contributed by atoms with van der Waals surface area (Å²) in [6.45, 7) is 7.52. The van der Waals surface area contributed by atoms with Gasteiger partial charge >= 0.3 is 0 Å². The average molecular weight is 374 g/mol. The maximum absolute atomic E-state index is 13.0. The molecule has 0 aliphatic carbocycles. The standard InChI is InChI=1S/C24H26N2O2/c1-17(2)15-26-24-22(11-6-12-25-24)23(27)20-9-5-10-21(14-20)28-16-19-8-4-7-18(3)13-19/h4-14,17H,15-16H2,1-3H3,(H,25,26). The minimum Gasteiger partial charge on any atom is -0.489 e. The summed E-state index contributed by atoms with van der Waals surface area (Å²) < 4.78 is 5.90. The fourth-order valence-electron chi connectivity index (χ4n) is 2.88. The van der Waals surface area contributed by atoms with Crippen molar-refractivity contribution in [1.29, 1.82) is 0 Å². The number of anilines is 1. The predicted molar refractivity (Wildman–Crippen MR) is 113 cm³/mol. The Hall–Kier alpha value is -3.14. The molecule has 3 aromatic rings. The topological polar surface area (TPSA) is 51.2 Å². The first-order valence-electron chi connectivity index (χ1n) is 9.55. The first-order valence-corrected chi connectivity index (χ1v) is 9.55. The van der Waals surface area contributed by atoms with Crippen LogP contribution in [0, 0.1) is 12.8 Å². The third kappa shape index (κ3) is 5.19. The van der Waals surface area contributed by atoms with E-state index in [1.165, 1.54) is 5.56 Å². The number of hydrogen-bond donors (Lipinski definition) is 1. The SMILES string of the molecule is Cc1cccc(COc2cccc(C(=O)c3cccnc3NCC(C)C)c2)c1. The quantitative estimate of drug-likeness (QED) is 0.546. The second kappa shape index (κ2) is 9.18. The number of nitrogens with one attached hydrogen (secondary N) is 1. The minimum atomic E-state index is -0.0691. The van der Waals surface area contributed by atoms with Gasteiger partial charge in [0.25, 0.3) is 0 Å². The van der Waals surface area contributed by atoms with Gasteiger partial charge in [0.2, 0.25) is 0 Å². The molecule has 0 spiro atoms. The molecule has 2 aromatic carbocycles. The molecule has 1 heterocycles. The smallest absolute Gasteiger partial charge is 0.196 e. The zero-order valence-electron chi connectivity index (χ0n) is 16.6. The van der Waals surface area contributed by atoms with Gasteiger partial charge in [-0.2, -0.15) is 0 Å². The van der Waals surface area contributed by atoms with Crippen LogP contribution < -0.4 is 10.1 Å². The highest BCUT2D eigenvalue weighted by atomic mass is 16.5. The predicted octanol–water partition coefficient (Wildman–Crippen LogP) is 5.27. The molecule has 4 nitrogen and oxygen atoms in total. The number of aryl methyl sites for hydroxylation is 1. The Morgan fingerprint density at radius 3 is 2.68 bits per heavy atom. The van der Waals surface area contributed by atoms with E-state index in [0.29, 0.717) is 35.2 Å². The molecule has 0 fully saturated rings. The monoisotopic (exact) mass is 374 g/mol. The fraction of sp³-hybridized carbons (Fsp3) is 0.250. The molecular weight excluding hydrogens is 348 g/mol. The van der Waals surface area contributed by atoms with E-state index in [4.69, 9.17) is 4.74 Å². The number of hydrogen-bond acceptors (Lipinski definition) is 4. The number of pyridine rings is 1. The first-order chi connectivity index (χ1) is 13.5. The van der Waals surface area contributed by atoms with Crippen LogP contribution >= 0.6 is 0 Å². The van der Waals surface area contributed by atoms with E-state index in [1.807, 2.05) is 24.3 Å². The van der Waals surface area contributed by atoms with Crippen molar-refractivity contribution in [2.24, 2.45) is 5.92 Å². The summed E-state index contributed by atoms with van der Waals surface area (Å²) in [6.07, 6.45) is 1.70. The van der Waals surface area contributed by atoms with Crippen LogP contribution in [0.3, 0.4) is 0 Å². The molecule has 0 radical (unpaired) electrons. The van der Waals surface area contributed by atoms with Crippen molar-refractivity contribution in [2.75, 3.05) is 11.9 Å². The average Bonchev–Trinajstić information content (AvgIpc) is 2.71. The molecular formula is C24H26N2O2. The van der Waals surface area contributed by atoms with Crippen LogP contribution in [0.25, 0.3) is 0 Å². The number of carbonyl (C=O) groups is 1. The van der Waals surface area contributed by atoms with Crippen LogP contribution in [0.15, 0.2) is 66.9 Å². The fourth-order valence-corrected chi connectivity index (χ4v) is 2.88. The number of nitrogens with zero attached hydrogens (tertiary/aromatic N) is 1. The van der Waals surface area contributed by atoms with E-state index in [9.17, 15) is 4.79 Å². The Labute approximate surface area is 166 Å². The minimum absolute atomic E-state index is 0.0691. The molecule has 0 amide bonds. The van der Waals surface area contributed by atoms with Crippen LogP contribution in [0.4, 0.5) is 5.82 Å². The summed E-state index contributed by atoms with van der Waals surface area (Å²) >= 11 is 0. The van der Waals surface area contributed by atoms with Crippen molar-refractivity contribution >= 4 is 11.6 Å². The Kier molecular flexibility index (Phi) is 6.43. The molecule has 4 heteroatoms. The molecule has 28 heavy (non-hydrogen) atoms. The summed E-state index contributed by atoms with van der Waals surface area (Å²) in [5.74, 6) is 1.68. The number of ketones is 1. The summed E-state index contributed by atoms with van der Waals surface area (Å²) in [5.41, 5.74) is 3.45. The number of rotatable bonds is 8.